The van der Waals surface area contributed by atoms with Gasteiger partial charge in [0.1, 0.15) is 6.61 Å². The number of aryl methyl sites for hydroxylation is 1. The van der Waals surface area contributed by atoms with E-state index in [1.165, 1.54) is 0 Å². The molecule has 0 aromatic carbocycles. The van der Waals surface area contributed by atoms with E-state index in [2.05, 4.69) is 29.3 Å². The van der Waals surface area contributed by atoms with Crippen LogP contribution in [-0.2, 0) is 22.5 Å². The summed E-state index contributed by atoms with van der Waals surface area (Å²) in [5, 5.41) is 7.14. The lowest BCUT2D eigenvalue weighted by Crippen LogP contribution is -2.51. The molecule has 1 unspecified atom stereocenters. The van der Waals surface area contributed by atoms with Crippen LogP contribution in [-0.4, -0.2) is 41.5 Å². The van der Waals surface area contributed by atoms with E-state index in [4.69, 9.17) is 14.0 Å². The molecule has 0 bridgehead atoms. The Hall–Kier alpha value is -0.980. The minimum atomic E-state index is -0.133. The highest BCUT2D eigenvalue weighted by molar-refractivity contribution is 4.84. The smallest absolute Gasteiger partial charge is 0.252 e. The van der Waals surface area contributed by atoms with Crippen LogP contribution in [0.25, 0.3) is 0 Å². The Morgan fingerprint density at radius 3 is 3.00 bits per heavy atom. The van der Waals surface area contributed by atoms with Crippen molar-refractivity contribution in [1.82, 2.24) is 15.5 Å². The zero-order chi connectivity index (χ0) is 13.0. The van der Waals surface area contributed by atoms with Gasteiger partial charge in [-0.15, -0.1) is 0 Å². The van der Waals surface area contributed by atoms with Gasteiger partial charge in [-0.25, -0.2) is 0 Å². The summed E-state index contributed by atoms with van der Waals surface area (Å²) in [6.07, 6.45) is 0.843. The van der Waals surface area contributed by atoms with E-state index < -0.39 is 0 Å². The highest BCUT2D eigenvalue weighted by Gasteiger charge is 2.28. The second kappa shape index (κ2) is 5.77. The van der Waals surface area contributed by atoms with Gasteiger partial charge in [0.25, 0.3) is 5.89 Å². The lowest BCUT2D eigenvalue weighted by molar-refractivity contribution is -0.123. The highest BCUT2D eigenvalue weighted by atomic mass is 16.6. The topological polar surface area (TPSA) is 69.4 Å². The van der Waals surface area contributed by atoms with Crippen molar-refractivity contribution in [3.63, 3.8) is 0 Å². The van der Waals surface area contributed by atoms with Gasteiger partial charge in [0.15, 0.2) is 5.82 Å². The van der Waals surface area contributed by atoms with Gasteiger partial charge in [0.2, 0.25) is 0 Å². The summed E-state index contributed by atoms with van der Waals surface area (Å²) in [5.41, 5.74) is -0.133. The van der Waals surface area contributed by atoms with Crippen LogP contribution in [0.1, 0.15) is 32.5 Å². The standard InChI is InChI=1S/C12H21N3O3/c1-4-10-14-11(18-15-10)7-16-6-9-5-13-8-12(2,3)17-9/h9,13H,4-8H2,1-3H3. The Balaban J connectivity index is 1.71. The molecule has 6 nitrogen and oxygen atoms in total. The van der Waals surface area contributed by atoms with Crippen LogP contribution < -0.4 is 5.32 Å². The normalized spacial score (nSPS) is 23.2. The molecule has 1 N–H and O–H groups in total. The van der Waals surface area contributed by atoms with Crippen molar-refractivity contribution in [2.24, 2.45) is 0 Å². The molecule has 1 aromatic rings. The number of ether oxygens (including phenoxy) is 2. The molecule has 1 aliphatic heterocycles. The summed E-state index contributed by atoms with van der Waals surface area (Å²) in [6.45, 7) is 8.67. The third-order valence-electron chi connectivity index (χ3n) is 2.76. The fraction of sp³-hybridized carbons (Fsp3) is 0.833. The predicted molar refractivity (Wildman–Crippen MR) is 65.2 cm³/mol. The van der Waals surface area contributed by atoms with Gasteiger partial charge in [-0.2, -0.15) is 4.98 Å². The van der Waals surface area contributed by atoms with Crippen LogP contribution in [0.2, 0.25) is 0 Å². The summed E-state index contributed by atoms with van der Waals surface area (Å²) in [7, 11) is 0. The first-order valence-electron chi connectivity index (χ1n) is 6.37. The van der Waals surface area contributed by atoms with E-state index in [9.17, 15) is 0 Å². The van der Waals surface area contributed by atoms with Crippen LogP contribution in [0.3, 0.4) is 0 Å². The van der Waals surface area contributed by atoms with E-state index in [0.29, 0.717) is 24.9 Å². The molecule has 2 rings (SSSR count). The molecule has 1 aliphatic rings. The van der Waals surface area contributed by atoms with Crippen LogP contribution >= 0.6 is 0 Å². The van der Waals surface area contributed by atoms with Gasteiger partial charge in [0, 0.05) is 19.5 Å². The largest absolute Gasteiger partial charge is 0.369 e. The first kappa shape index (κ1) is 13.5. The SMILES string of the molecule is CCc1noc(COCC2CNCC(C)(C)O2)n1. The van der Waals surface area contributed by atoms with Crippen LogP contribution in [0, 0.1) is 0 Å². The lowest BCUT2D eigenvalue weighted by Gasteiger charge is -2.36. The minimum Gasteiger partial charge on any atom is -0.369 e. The molecule has 0 saturated carbocycles. The maximum absolute atomic E-state index is 5.88. The number of morpholine rings is 1. The quantitative estimate of drug-likeness (QED) is 0.843. The van der Waals surface area contributed by atoms with Gasteiger partial charge in [0.05, 0.1) is 18.3 Å². The average molecular weight is 255 g/mol. The summed E-state index contributed by atoms with van der Waals surface area (Å²) >= 11 is 0. The van der Waals surface area contributed by atoms with Crippen molar-refractivity contribution in [3.05, 3.63) is 11.7 Å². The van der Waals surface area contributed by atoms with Crippen molar-refractivity contribution in [2.45, 2.75) is 45.5 Å². The number of nitrogens with zero attached hydrogens (tertiary/aromatic N) is 2. The fourth-order valence-corrected chi connectivity index (χ4v) is 1.93. The van der Waals surface area contributed by atoms with Crippen LogP contribution in [0.5, 0.6) is 0 Å². The highest BCUT2D eigenvalue weighted by Crippen LogP contribution is 2.15. The van der Waals surface area contributed by atoms with E-state index in [1.54, 1.807) is 0 Å². The van der Waals surface area contributed by atoms with Crippen molar-refractivity contribution in [3.8, 4) is 0 Å². The Morgan fingerprint density at radius 2 is 2.33 bits per heavy atom. The zero-order valence-corrected chi connectivity index (χ0v) is 11.2. The molecule has 6 heteroatoms. The third kappa shape index (κ3) is 3.76. The Kier molecular flexibility index (Phi) is 4.31. The van der Waals surface area contributed by atoms with Crippen LogP contribution in [0.15, 0.2) is 4.52 Å². The number of rotatable bonds is 5. The van der Waals surface area contributed by atoms with Gasteiger partial charge >= 0.3 is 0 Å². The Labute approximate surface area is 107 Å². The van der Waals surface area contributed by atoms with Crippen molar-refractivity contribution in [1.29, 1.82) is 0 Å². The predicted octanol–water partition coefficient (Wildman–Crippen LogP) is 0.916. The van der Waals surface area contributed by atoms with E-state index in [0.717, 1.165) is 19.5 Å². The Morgan fingerprint density at radius 1 is 1.50 bits per heavy atom. The third-order valence-corrected chi connectivity index (χ3v) is 2.76. The van der Waals surface area contributed by atoms with Gasteiger partial charge < -0.3 is 19.3 Å². The molecule has 1 atom stereocenters. The van der Waals surface area contributed by atoms with Gasteiger partial charge in [-0.1, -0.05) is 12.1 Å². The molecule has 102 valence electrons. The summed E-state index contributed by atoms with van der Waals surface area (Å²) in [4.78, 5) is 4.18. The zero-order valence-electron chi connectivity index (χ0n) is 11.2. The average Bonchev–Trinajstić information content (AvgIpc) is 2.76. The molecule has 18 heavy (non-hydrogen) atoms. The summed E-state index contributed by atoms with van der Waals surface area (Å²) in [6, 6.07) is 0. The molecular weight excluding hydrogens is 234 g/mol. The Bertz CT molecular complexity index is 378. The maximum atomic E-state index is 5.88. The number of aromatic nitrogens is 2. The molecule has 1 aromatic heterocycles. The van der Waals surface area contributed by atoms with Crippen LogP contribution in [0.4, 0.5) is 0 Å². The second-order valence-corrected chi connectivity index (χ2v) is 5.10. The van der Waals surface area contributed by atoms with E-state index >= 15 is 0 Å². The second-order valence-electron chi connectivity index (χ2n) is 5.10. The first-order chi connectivity index (χ1) is 8.59. The van der Waals surface area contributed by atoms with E-state index in [-0.39, 0.29) is 11.7 Å². The molecule has 1 saturated heterocycles. The molecule has 0 aliphatic carbocycles. The molecular formula is C12H21N3O3. The monoisotopic (exact) mass is 255 g/mol. The van der Waals surface area contributed by atoms with Crippen molar-refractivity contribution in [2.75, 3.05) is 19.7 Å². The van der Waals surface area contributed by atoms with Crippen molar-refractivity contribution >= 4 is 0 Å². The molecule has 0 radical (unpaired) electrons. The molecule has 1 fully saturated rings. The number of nitrogens with one attached hydrogen (secondary N) is 1. The summed E-state index contributed by atoms with van der Waals surface area (Å²) in [5.74, 6) is 1.24. The maximum Gasteiger partial charge on any atom is 0.252 e. The van der Waals surface area contributed by atoms with E-state index in [1.807, 2.05) is 6.92 Å². The minimum absolute atomic E-state index is 0.0716. The lowest BCUT2D eigenvalue weighted by atomic mass is 10.1. The summed E-state index contributed by atoms with van der Waals surface area (Å²) < 4.78 is 16.5. The van der Waals surface area contributed by atoms with Gasteiger partial charge in [-0.05, 0) is 13.8 Å². The number of hydrogen-bond donors (Lipinski definition) is 1. The van der Waals surface area contributed by atoms with Crippen molar-refractivity contribution < 1.29 is 14.0 Å². The molecule has 2 heterocycles. The molecule has 0 amide bonds. The number of hydrogen-bond acceptors (Lipinski definition) is 6. The fourth-order valence-electron chi connectivity index (χ4n) is 1.93. The van der Waals surface area contributed by atoms with Gasteiger partial charge in [-0.3, -0.25) is 0 Å². The first-order valence-corrected chi connectivity index (χ1v) is 6.37. The molecule has 0 spiro atoms.